The number of amides is 1. The summed E-state index contributed by atoms with van der Waals surface area (Å²) in [6.45, 7) is 4.60. The molecule has 5 nitrogen and oxygen atoms in total. The van der Waals surface area contributed by atoms with E-state index in [2.05, 4.69) is 15.2 Å². The van der Waals surface area contributed by atoms with Crippen LogP contribution in [0.2, 0.25) is 0 Å². The van der Waals surface area contributed by atoms with Crippen LogP contribution in [0.5, 0.6) is 5.75 Å². The van der Waals surface area contributed by atoms with Gasteiger partial charge in [-0.1, -0.05) is 12.1 Å². The minimum atomic E-state index is -2.99. The van der Waals surface area contributed by atoms with Crippen molar-refractivity contribution in [1.82, 2.24) is 9.78 Å². The molecule has 0 aliphatic heterocycles. The summed E-state index contributed by atoms with van der Waals surface area (Å²) in [5.41, 5.74) is 2.09. The number of hydrogen-bond acceptors (Lipinski definition) is 3. The largest absolute Gasteiger partial charge is 0.434 e. The summed E-state index contributed by atoms with van der Waals surface area (Å²) in [5, 5.41) is 7.11. The number of rotatable bonds is 5. The Kier molecular flexibility index (Phi) is 4.98. The number of aromatic nitrogens is 2. The van der Waals surface area contributed by atoms with E-state index in [1.165, 1.54) is 18.2 Å². The van der Waals surface area contributed by atoms with Gasteiger partial charge in [0.15, 0.2) is 0 Å². The zero-order valence-corrected chi connectivity index (χ0v) is 13.4. The van der Waals surface area contributed by atoms with Crippen molar-refractivity contribution in [3.8, 4) is 5.75 Å². The van der Waals surface area contributed by atoms with Crippen LogP contribution in [0.4, 0.5) is 14.5 Å². The third-order valence-corrected chi connectivity index (χ3v) is 3.40. The highest BCUT2D eigenvalue weighted by atomic mass is 19.3. The van der Waals surface area contributed by atoms with E-state index in [0.717, 1.165) is 5.69 Å². The van der Waals surface area contributed by atoms with Crippen LogP contribution in [-0.2, 0) is 0 Å². The van der Waals surface area contributed by atoms with Crippen LogP contribution in [-0.4, -0.2) is 22.3 Å². The number of carbonyl (C=O) groups is 1. The molecule has 0 spiro atoms. The maximum Gasteiger partial charge on any atom is 0.387 e. The first-order valence-corrected chi connectivity index (χ1v) is 7.22. The smallest absolute Gasteiger partial charge is 0.387 e. The number of alkyl halides is 2. The Bertz CT molecular complexity index is 711. The first-order chi connectivity index (χ1) is 10.8. The number of nitrogens with zero attached hydrogens (tertiary/aromatic N) is 2. The van der Waals surface area contributed by atoms with Crippen molar-refractivity contribution in [2.24, 2.45) is 0 Å². The van der Waals surface area contributed by atoms with Crippen molar-refractivity contribution in [2.75, 3.05) is 5.32 Å². The second-order valence-corrected chi connectivity index (χ2v) is 5.41. The number of nitrogens with one attached hydrogen (secondary N) is 1. The van der Waals surface area contributed by atoms with Crippen molar-refractivity contribution in [1.29, 1.82) is 0 Å². The van der Waals surface area contributed by atoms with E-state index in [0.29, 0.717) is 11.4 Å². The minimum Gasteiger partial charge on any atom is -0.434 e. The van der Waals surface area contributed by atoms with Crippen LogP contribution < -0.4 is 10.1 Å². The van der Waals surface area contributed by atoms with Gasteiger partial charge in [0.05, 0.1) is 22.6 Å². The van der Waals surface area contributed by atoms with Crippen LogP contribution in [0.25, 0.3) is 0 Å². The van der Waals surface area contributed by atoms with Gasteiger partial charge in [-0.2, -0.15) is 13.9 Å². The predicted molar refractivity (Wildman–Crippen MR) is 83.1 cm³/mol. The topological polar surface area (TPSA) is 56.2 Å². The van der Waals surface area contributed by atoms with Crippen molar-refractivity contribution in [3.63, 3.8) is 0 Å². The molecular weight excluding hydrogens is 304 g/mol. The summed E-state index contributed by atoms with van der Waals surface area (Å²) in [6.07, 6.45) is 0. The maximum atomic E-state index is 12.4. The minimum absolute atomic E-state index is 0.0453. The molecule has 2 rings (SSSR count). The molecule has 1 heterocycles. The average Bonchev–Trinajstić information content (AvgIpc) is 2.75. The molecule has 0 aliphatic rings. The molecule has 0 aliphatic carbocycles. The van der Waals surface area contributed by atoms with Gasteiger partial charge >= 0.3 is 6.61 Å². The third-order valence-electron chi connectivity index (χ3n) is 3.40. The van der Waals surface area contributed by atoms with E-state index in [4.69, 9.17) is 0 Å². The number of hydrogen-bond donors (Lipinski definition) is 1. The van der Waals surface area contributed by atoms with Gasteiger partial charge in [-0.15, -0.1) is 0 Å². The number of ether oxygens (including phenoxy) is 1. The van der Waals surface area contributed by atoms with E-state index in [-0.39, 0.29) is 17.4 Å². The maximum absolute atomic E-state index is 12.4. The van der Waals surface area contributed by atoms with Gasteiger partial charge in [0.1, 0.15) is 5.75 Å². The first kappa shape index (κ1) is 16.9. The van der Waals surface area contributed by atoms with Gasteiger partial charge in [0, 0.05) is 6.04 Å². The van der Waals surface area contributed by atoms with Crippen LogP contribution in [0.1, 0.15) is 41.6 Å². The lowest BCUT2D eigenvalue weighted by atomic mass is 10.1. The second kappa shape index (κ2) is 6.76. The van der Waals surface area contributed by atoms with Crippen LogP contribution in [0, 0.1) is 13.8 Å². The summed E-state index contributed by atoms with van der Waals surface area (Å²) in [6, 6.07) is 6.03. The molecule has 1 amide bonds. The third kappa shape index (κ3) is 3.67. The zero-order chi connectivity index (χ0) is 17.1. The fourth-order valence-corrected chi connectivity index (χ4v) is 2.38. The quantitative estimate of drug-likeness (QED) is 0.907. The molecule has 2 aromatic rings. The van der Waals surface area contributed by atoms with Crippen molar-refractivity contribution < 1.29 is 18.3 Å². The SMILES string of the molecule is Cc1nn(C(C)C)c(C)c1NC(=O)c1ccccc1OC(F)F. The molecule has 1 aromatic heterocycles. The standard InChI is InChI=1S/C16H19F2N3O2/c1-9(2)21-11(4)14(10(3)20-21)19-15(22)12-7-5-6-8-13(12)23-16(17)18/h5-9,16H,1-4H3,(H,19,22). The summed E-state index contributed by atoms with van der Waals surface area (Å²) in [7, 11) is 0. The molecule has 0 unspecified atom stereocenters. The monoisotopic (exact) mass is 323 g/mol. The van der Waals surface area contributed by atoms with Gasteiger partial charge in [0.2, 0.25) is 0 Å². The van der Waals surface area contributed by atoms with Gasteiger partial charge in [-0.25, -0.2) is 0 Å². The van der Waals surface area contributed by atoms with E-state index in [1.807, 2.05) is 20.8 Å². The summed E-state index contributed by atoms with van der Waals surface area (Å²) < 4.78 is 31.1. The Morgan fingerprint density at radius 3 is 2.48 bits per heavy atom. The molecule has 7 heteroatoms. The van der Waals surface area contributed by atoms with Gasteiger partial charge in [0.25, 0.3) is 5.91 Å². The Labute approximate surface area is 133 Å². The molecule has 0 atom stereocenters. The highest BCUT2D eigenvalue weighted by molar-refractivity contribution is 6.06. The molecule has 0 fully saturated rings. The summed E-state index contributed by atoms with van der Waals surface area (Å²) in [5.74, 6) is -0.678. The number of benzene rings is 1. The summed E-state index contributed by atoms with van der Waals surface area (Å²) in [4.78, 5) is 12.4. The molecule has 0 saturated carbocycles. The van der Waals surface area contributed by atoms with Crippen LogP contribution in [0.15, 0.2) is 24.3 Å². The van der Waals surface area contributed by atoms with Crippen LogP contribution in [0.3, 0.4) is 0 Å². The molecule has 0 saturated heterocycles. The normalized spacial score (nSPS) is 11.1. The van der Waals surface area contributed by atoms with Gasteiger partial charge in [-0.05, 0) is 39.8 Å². The lowest BCUT2D eigenvalue weighted by Gasteiger charge is -2.12. The molecule has 0 radical (unpaired) electrons. The van der Waals surface area contributed by atoms with Gasteiger partial charge < -0.3 is 10.1 Å². The molecule has 124 valence electrons. The van der Waals surface area contributed by atoms with Crippen molar-refractivity contribution in [2.45, 2.75) is 40.3 Å². The number of aryl methyl sites for hydroxylation is 1. The lowest BCUT2D eigenvalue weighted by Crippen LogP contribution is -2.16. The Morgan fingerprint density at radius 2 is 1.91 bits per heavy atom. The fourth-order valence-electron chi connectivity index (χ4n) is 2.38. The second-order valence-electron chi connectivity index (χ2n) is 5.41. The van der Waals surface area contributed by atoms with E-state index in [1.54, 1.807) is 17.7 Å². The Balaban J connectivity index is 2.30. The molecule has 1 N–H and O–H groups in total. The van der Waals surface area contributed by atoms with Crippen molar-refractivity contribution in [3.05, 3.63) is 41.2 Å². The number of halogens is 2. The Morgan fingerprint density at radius 1 is 1.26 bits per heavy atom. The molecule has 1 aromatic carbocycles. The predicted octanol–water partition coefficient (Wildman–Crippen LogP) is 3.93. The number of carbonyl (C=O) groups excluding carboxylic acids is 1. The Hall–Kier alpha value is -2.44. The number of para-hydroxylation sites is 1. The molecule has 0 bridgehead atoms. The zero-order valence-electron chi connectivity index (χ0n) is 13.4. The summed E-state index contributed by atoms with van der Waals surface area (Å²) >= 11 is 0. The van der Waals surface area contributed by atoms with E-state index in [9.17, 15) is 13.6 Å². The first-order valence-electron chi connectivity index (χ1n) is 7.22. The van der Waals surface area contributed by atoms with Crippen LogP contribution >= 0.6 is 0 Å². The number of anilines is 1. The molecular formula is C16H19F2N3O2. The highest BCUT2D eigenvalue weighted by Gasteiger charge is 2.19. The van der Waals surface area contributed by atoms with Crippen molar-refractivity contribution >= 4 is 11.6 Å². The van der Waals surface area contributed by atoms with Gasteiger partial charge in [-0.3, -0.25) is 9.48 Å². The van der Waals surface area contributed by atoms with E-state index < -0.39 is 12.5 Å². The highest BCUT2D eigenvalue weighted by Crippen LogP contribution is 2.25. The fraction of sp³-hybridized carbons (Fsp3) is 0.375. The lowest BCUT2D eigenvalue weighted by molar-refractivity contribution is -0.0501. The average molecular weight is 323 g/mol. The van der Waals surface area contributed by atoms with E-state index >= 15 is 0 Å². The molecule has 23 heavy (non-hydrogen) atoms.